The lowest BCUT2D eigenvalue weighted by Gasteiger charge is -2.35. The van der Waals surface area contributed by atoms with Crippen molar-refractivity contribution < 1.29 is 19.4 Å². The zero-order valence-electron chi connectivity index (χ0n) is 11.0. The Labute approximate surface area is 111 Å². The van der Waals surface area contributed by atoms with Crippen molar-refractivity contribution in [1.82, 2.24) is 4.90 Å². The zero-order valence-corrected chi connectivity index (χ0v) is 11.0. The third-order valence-electron chi connectivity index (χ3n) is 3.83. The average molecular weight is 263 g/mol. The third-order valence-corrected chi connectivity index (χ3v) is 3.83. The maximum atomic E-state index is 11.8. The number of carboxylic acids is 1. The van der Waals surface area contributed by atoms with Gasteiger partial charge in [0.05, 0.1) is 7.11 Å². The van der Waals surface area contributed by atoms with Gasteiger partial charge in [0.25, 0.3) is 0 Å². The van der Waals surface area contributed by atoms with Crippen LogP contribution >= 0.6 is 0 Å². The second-order valence-corrected chi connectivity index (χ2v) is 4.58. The summed E-state index contributed by atoms with van der Waals surface area (Å²) >= 11 is 0. The molecule has 0 fully saturated rings. The van der Waals surface area contributed by atoms with Gasteiger partial charge in [0.2, 0.25) is 6.41 Å². The van der Waals surface area contributed by atoms with E-state index in [0.29, 0.717) is 37.1 Å². The molecule has 0 radical (unpaired) electrons. The summed E-state index contributed by atoms with van der Waals surface area (Å²) in [7, 11) is 1.54. The van der Waals surface area contributed by atoms with Crippen LogP contribution in [0.4, 0.5) is 0 Å². The van der Waals surface area contributed by atoms with Crippen LogP contribution < -0.4 is 4.74 Å². The number of aryl methyl sites for hydroxylation is 1. The molecule has 5 heteroatoms. The van der Waals surface area contributed by atoms with Crippen molar-refractivity contribution in [1.29, 1.82) is 0 Å². The number of rotatable bonds is 5. The van der Waals surface area contributed by atoms with E-state index in [4.69, 9.17) is 4.74 Å². The molecule has 1 amide bonds. The van der Waals surface area contributed by atoms with Gasteiger partial charge < -0.3 is 14.7 Å². The molecule has 19 heavy (non-hydrogen) atoms. The van der Waals surface area contributed by atoms with Crippen molar-refractivity contribution in [2.75, 3.05) is 13.7 Å². The quantitative estimate of drug-likeness (QED) is 0.815. The normalized spacial score (nSPS) is 20.7. The molecule has 1 aromatic rings. The first-order chi connectivity index (χ1) is 9.09. The molecule has 0 heterocycles. The van der Waals surface area contributed by atoms with Crippen molar-refractivity contribution in [3.63, 3.8) is 0 Å². The molecule has 2 rings (SSSR count). The van der Waals surface area contributed by atoms with Gasteiger partial charge in [-0.15, -0.1) is 0 Å². The minimum atomic E-state index is -1.26. The predicted molar refractivity (Wildman–Crippen MR) is 69.1 cm³/mol. The van der Waals surface area contributed by atoms with E-state index in [1.165, 1.54) is 12.0 Å². The molecule has 0 aliphatic heterocycles. The number of carbonyl (C=O) groups excluding carboxylic acids is 1. The van der Waals surface area contributed by atoms with Gasteiger partial charge in [-0.05, 0) is 43.0 Å². The summed E-state index contributed by atoms with van der Waals surface area (Å²) in [5.74, 6) is -0.387. The molecule has 5 nitrogen and oxygen atoms in total. The second kappa shape index (κ2) is 4.91. The Morgan fingerprint density at radius 3 is 2.84 bits per heavy atom. The Kier molecular flexibility index (Phi) is 3.46. The van der Waals surface area contributed by atoms with Crippen LogP contribution in [0.1, 0.15) is 24.5 Å². The number of likely N-dealkylation sites (N-methyl/N-ethyl adjacent to an activating group) is 1. The van der Waals surface area contributed by atoms with E-state index in [2.05, 4.69) is 0 Å². The Balaban J connectivity index is 2.61. The van der Waals surface area contributed by atoms with E-state index in [1.54, 1.807) is 13.0 Å². The summed E-state index contributed by atoms with van der Waals surface area (Å²) in [6.07, 6.45) is 1.66. The van der Waals surface area contributed by atoms with Crippen molar-refractivity contribution >= 4 is 12.4 Å². The van der Waals surface area contributed by atoms with Gasteiger partial charge in [-0.1, -0.05) is 6.07 Å². The molecule has 0 saturated carbocycles. The highest BCUT2D eigenvalue weighted by molar-refractivity contribution is 5.85. The van der Waals surface area contributed by atoms with Crippen LogP contribution in [-0.4, -0.2) is 36.0 Å². The maximum Gasteiger partial charge on any atom is 0.334 e. The Hall–Kier alpha value is -2.04. The summed E-state index contributed by atoms with van der Waals surface area (Å²) in [6.45, 7) is 2.13. The topological polar surface area (TPSA) is 66.8 Å². The first kappa shape index (κ1) is 13.4. The van der Waals surface area contributed by atoms with Crippen molar-refractivity contribution in [2.24, 2.45) is 0 Å². The molecular weight excluding hydrogens is 246 g/mol. The molecule has 102 valence electrons. The van der Waals surface area contributed by atoms with Crippen molar-refractivity contribution in [3.05, 3.63) is 29.3 Å². The maximum absolute atomic E-state index is 11.8. The van der Waals surface area contributed by atoms with Gasteiger partial charge in [-0.3, -0.25) is 4.79 Å². The molecule has 0 aromatic heterocycles. The molecule has 1 aromatic carbocycles. The number of aliphatic carboxylic acids is 1. The van der Waals surface area contributed by atoms with Crippen molar-refractivity contribution in [2.45, 2.75) is 25.3 Å². The zero-order chi connectivity index (χ0) is 14.0. The van der Waals surface area contributed by atoms with Crippen LogP contribution in [0.3, 0.4) is 0 Å². The molecule has 1 N–H and O–H groups in total. The number of hydrogen-bond donors (Lipinski definition) is 1. The highest BCUT2D eigenvalue weighted by Crippen LogP contribution is 2.42. The summed E-state index contributed by atoms with van der Waals surface area (Å²) in [5, 5.41) is 9.67. The lowest BCUT2D eigenvalue weighted by molar-refractivity contribution is -0.156. The van der Waals surface area contributed by atoms with Crippen LogP contribution in [0.2, 0.25) is 0 Å². The number of carbonyl (C=O) groups is 2. The second-order valence-electron chi connectivity index (χ2n) is 4.58. The van der Waals surface area contributed by atoms with Gasteiger partial charge in [-0.2, -0.15) is 0 Å². The van der Waals surface area contributed by atoms with Gasteiger partial charge in [0, 0.05) is 6.54 Å². The molecule has 0 bridgehead atoms. The number of hydrogen-bond acceptors (Lipinski definition) is 3. The van der Waals surface area contributed by atoms with E-state index < -0.39 is 11.5 Å². The van der Waals surface area contributed by atoms with E-state index in [9.17, 15) is 14.7 Å². The van der Waals surface area contributed by atoms with Gasteiger partial charge in [0.1, 0.15) is 5.75 Å². The minimum absolute atomic E-state index is 0.354. The lowest BCUT2D eigenvalue weighted by atomic mass is 9.90. The highest BCUT2D eigenvalue weighted by Gasteiger charge is 2.49. The highest BCUT2D eigenvalue weighted by atomic mass is 16.5. The van der Waals surface area contributed by atoms with Crippen LogP contribution in [-0.2, 0) is 21.5 Å². The number of amides is 1. The van der Waals surface area contributed by atoms with E-state index in [1.807, 2.05) is 12.1 Å². The van der Waals surface area contributed by atoms with Crippen LogP contribution in [0.15, 0.2) is 18.2 Å². The predicted octanol–water partition coefficient (Wildman–Crippen LogP) is 1.40. The SMILES string of the molecule is CCN(C=O)C1(C(=O)O)CCc2ccc(OC)cc21. The summed E-state index contributed by atoms with van der Waals surface area (Å²) in [4.78, 5) is 24.4. The monoisotopic (exact) mass is 263 g/mol. The standard InChI is InChI=1S/C14H17NO4/c1-3-15(9-16)14(13(17)18)7-6-10-4-5-11(19-2)8-12(10)14/h4-5,8-9H,3,6-7H2,1-2H3,(H,17,18). The minimum Gasteiger partial charge on any atom is -0.497 e. The fraction of sp³-hybridized carbons (Fsp3) is 0.429. The number of fused-ring (bicyclic) bond motifs is 1. The van der Waals surface area contributed by atoms with Gasteiger partial charge in [-0.25, -0.2) is 4.79 Å². The van der Waals surface area contributed by atoms with Gasteiger partial charge in [0.15, 0.2) is 5.54 Å². The van der Waals surface area contributed by atoms with Crippen LogP contribution in [0.5, 0.6) is 5.75 Å². The fourth-order valence-corrected chi connectivity index (χ4v) is 2.81. The van der Waals surface area contributed by atoms with E-state index >= 15 is 0 Å². The lowest BCUT2D eigenvalue weighted by Crippen LogP contribution is -2.50. The summed E-state index contributed by atoms with van der Waals surface area (Å²) in [6, 6.07) is 5.41. The smallest absolute Gasteiger partial charge is 0.334 e. The molecule has 1 atom stereocenters. The third kappa shape index (κ3) is 1.85. The number of nitrogens with zero attached hydrogens (tertiary/aromatic N) is 1. The van der Waals surface area contributed by atoms with Crippen LogP contribution in [0.25, 0.3) is 0 Å². The molecule has 0 saturated heterocycles. The number of carboxylic acid groups (broad SMARTS) is 1. The summed E-state index contributed by atoms with van der Waals surface area (Å²) in [5.41, 5.74) is 0.359. The first-order valence-electron chi connectivity index (χ1n) is 6.23. The number of methoxy groups -OCH3 is 1. The largest absolute Gasteiger partial charge is 0.497 e. The average Bonchev–Trinajstić information content (AvgIpc) is 2.80. The Bertz CT molecular complexity index is 514. The van der Waals surface area contributed by atoms with Crippen molar-refractivity contribution in [3.8, 4) is 5.75 Å². The molecular formula is C14H17NO4. The van der Waals surface area contributed by atoms with Crippen LogP contribution in [0, 0.1) is 0 Å². The Morgan fingerprint density at radius 1 is 1.58 bits per heavy atom. The first-order valence-corrected chi connectivity index (χ1v) is 6.23. The number of ether oxygens (including phenoxy) is 1. The molecule has 1 aliphatic rings. The Morgan fingerprint density at radius 2 is 2.32 bits per heavy atom. The molecule has 1 unspecified atom stereocenters. The summed E-state index contributed by atoms with van der Waals surface area (Å²) < 4.78 is 5.16. The fourth-order valence-electron chi connectivity index (χ4n) is 2.81. The number of benzene rings is 1. The van der Waals surface area contributed by atoms with Gasteiger partial charge >= 0.3 is 5.97 Å². The molecule has 0 spiro atoms. The molecule has 1 aliphatic carbocycles. The van der Waals surface area contributed by atoms with E-state index in [-0.39, 0.29) is 0 Å². The van der Waals surface area contributed by atoms with E-state index in [0.717, 1.165) is 5.56 Å².